The third-order valence-corrected chi connectivity index (χ3v) is 6.21. The van der Waals surface area contributed by atoms with Crippen LogP contribution in [0.2, 0.25) is 0 Å². The Hall–Kier alpha value is -4.24. The molecule has 0 fully saturated rings. The van der Waals surface area contributed by atoms with Gasteiger partial charge in [0.15, 0.2) is 11.0 Å². The van der Waals surface area contributed by atoms with Crippen LogP contribution in [0.15, 0.2) is 103 Å². The van der Waals surface area contributed by atoms with Crippen molar-refractivity contribution in [2.75, 3.05) is 5.75 Å². The van der Waals surface area contributed by atoms with Crippen molar-refractivity contribution in [2.24, 2.45) is 0 Å². The first-order valence-corrected chi connectivity index (χ1v) is 11.9. The van der Waals surface area contributed by atoms with E-state index in [1.165, 1.54) is 23.9 Å². The Bertz CT molecular complexity index is 1290. The number of amides is 1. The van der Waals surface area contributed by atoms with Gasteiger partial charge in [-0.25, -0.2) is 0 Å². The number of allylic oxidation sites excluding steroid dienone is 1. The van der Waals surface area contributed by atoms with E-state index < -0.39 is 4.92 Å². The molecule has 3 aromatic carbocycles. The van der Waals surface area contributed by atoms with Gasteiger partial charge in [0.05, 0.1) is 16.7 Å². The molecule has 0 aliphatic heterocycles. The molecule has 0 bridgehead atoms. The molecule has 0 saturated heterocycles. The van der Waals surface area contributed by atoms with Crippen LogP contribution in [0.5, 0.6) is 0 Å². The second-order valence-corrected chi connectivity index (χ2v) is 8.57. The summed E-state index contributed by atoms with van der Waals surface area (Å²) in [7, 11) is 0. The fourth-order valence-electron chi connectivity index (χ4n) is 3.64. The number of hydrogen-bond acceptors (Lipinski definition) is 6. The van der Waals surface area contributed by atoms with Crippen LogP contribution in [0.3, 0.4) is 0 Å². The average Bonchev–Trinajstić information content (AvgIpc) is 3.30. The summed E-state index contributed by atoms with van der Waals surface area (Å²) in [4.78, 5) is 23.7. The Balaban J connectivity index is 1.52. The number of hydrogen-bond donors (Lipinski definition) is 1. The predicted molar refractivity (Wildman–Crippen MR) is 136 cm³/mol. The maximum absolute atomic E-state index is 13.0. The highest BCUT2D eigenvalue weighted by molar-refractivity contribution is 7.99. The highest BCUT2D eigenvalue weighted by atomic mass is 32.2. The Kier molecular flexibility index (Phi) is 7.69. The number of carbonyl (C=O) groups is 1. The summed E-state index contributed by atoms with van der Waals surface area (Å²) >= 11 is 1.25. The molecular formula is C26H23N5O3S. The summed E-state index contributed by atoms with van der Waals surface area (Å²) in [6.07, 6.45) is 1.69. The van der Waals surface area contributed by atoms with E-state index in [1.54, 1.807) is 22.8 Å². The molecule has 4 rings (SSSR count). The Labute approximate surface area is 206 Å². The molecule has 9 heteroatoms. The summed E-state index contributed by atoms with van der Waals surface area (Å²) in [6.45, 7) is 4.18. The molecule has 1 N–H and O–H groups in total. The van der Waals surface area contributed by atoms with Crippen LogP contribution >= 0.6 is 11.8 Å². The van der Waals surface area contributed by atoms with Crippen LogP contribution in [0.25, 0.3) is 11.4 Å². The summed E-state index contributed by atoms with van der Waals surface area (Å²) in [5, 5.41) is 23.3. The van der Waals surface area contributed by atoms with Gasteiger partial charge in [-0.15, -0.1) is 16.8 Å². The lowest BCUT2D eigenvalue weighted by Crippen LogP contribution is -2.30. The van der Waals surface area contributed by atoms with Crippen molar-refractivity contribution < 1.29 is 9.72 Å². The van der Waals surface area contributed by atoms with Crippen LogP contribution in [0, 0.1) is 10.1 Å². The van der Waals surface area contributed by atoms with E-state index >= 15 is 0 Å². The van der Waals surface area contributed by atoms with Gasteiger partial charge in [-0.05, 0) is 11.1 Å². The number of rotatable bonds is 10. The highest BCUT2D eigenvalue weighted by Gasteiger charge is 2.20. The van der Waals surface area contributed by atoms with Crippen molar-refractivity contribution >= 4 is 23.4 Å². The first-order chi connectivity index (χ1) is 17.1. The van der Waals surface area contributed by atoms with Gasteiger partial charge in [-0.2, -0.15) is 0 Å². The van der Waals surface area contributed by atoms with E-state index in [1.807, 2.05) is 60.7 Å². The van der Waals surface area contributed by atoms with Crippen LogP contribution < -0.4 is 5.32 Å². The molecule has 176 valence electrons. The second-order valence-electron chi connectivity index (χ2n) is 7.62. The van der Waals surface area contributed by atoms with E-state index in [-0.39, 0.29) is 23.4 Å². The number of benzene rings is 3. The standard InChI is InChI=1S/C26H23N5O3S/c1-2-16-30-25(21-14-9-15-22(17-21)31(33)34)28-29-26(30)35-18-23(32)27-24(19-10-5-3-6-11-19)20-12-7-4-8-13-20/h2-15,17,24H,1,16,18H2,(H,27,32). The number of nitro benzene ring substituents is 1. The topological polar surface area (TPSA) is 103 Å². The quantitative estimate of drug-likeness (QED) is 0.146. The number of aromatic nitrogens is 3. The van der Waals surface area contributed by atoms with Gasteiger partial charge in [-0.3, -0.25) is 19.5 Å². The molecule has 1 aromatic heterocycles. The van der Waals surface area contributed by atoms with Crippen LogP contribution in [0.4, 0.5) is 5.69 Å². The number of thioether (sulfide) groups is 1. The number of non-ortho nitro benzene ring substituents is 1. The minimum absolute atomic E-state index is 0.0305. The third kappa shape index (κ3) is 5.82. The van der Waals surface area contributed by atoms with Crippen LogP contribution in [-0.4, -0.2) is 31.3 Å². The molecule has 0 atom stereocenters. The molecule has 0 aliphatic carbocycles. The molecule has 0 aliphatic rings. The van der Waals surface area contributed by atoms with E-state index in [9.17, 15) is 14.9 Å². The predicted octanol–water partition coefficient (Wildman–Crippen LogP) is 5.04. The number of carbonyl (C=O) groups excluding carboxylic acids is 1. The molecule has 0 radical (unpaired) electrons. The Morgan fingerprint density at radius 1 is 1.03 bits per heavy atom. The molecule has 0 saturated carbocycles. The lowest BCUT2D eigenvalue weighted by molar-refractivity contribution is -0.384. The van der Waals surface area contributed by atoms with Gasteiger partial charge in [-0.1, -0.05) is 90.6 Å². The lowest BCUT2D eigenvalue weighted by atomic mass is 9.99. The minimum Gasteiger partial charge on any atom is -0.344 e. The maximum atomic E-state index is 13.0. The smallest absolute Gasteiger partial charge is 0.270 e. The van der Waals surface area contributed by atoms with Gasteiger partial charge in [0, 0.05) is 24.2 Å². The third-order valence-electron chi connectivity index (χ3n) is 5.25. The van der Waals surface area contributed by atoms with E-state index in [0.29, 0.717) is 23.1 Å². The van der Waals surface area contributed by atoms with Crippen LogP contribution in [0.1, 0.15) is 17.2 Å². The summed E-state index contributed by atoms with van der Waals surface area (Å²) in [5.41, 5.74) is 2.51. The first kappa shape index (κ1) is 23.9. The van der Waals surface area contributed by atoms with Crippen molar-refractivity contribution in [1.29, 1.82) is 0 Å². The molecule has 4 aromatic rings. The van der Waals surface area contributed by atoms with Gasteiger partial charge >= 0.3 is 0 Å². The summed E-state index contributed by atoms with van der Waals surface area (Å²) in [6, 6.07) is 25.5. The molecule has 0 unspecified atom stereocenters. The Morgan fingerprint density at radius 3 is 2.29 bits per heavy atom. The summed E-state index contributed by atoms with van der Waals surface area (Å²) < 4.78 is 1.79. The minimum atomic E-state index is -0.451. The van der Waals surface area contributed by atoms with Gasteiger partial charge in [0.1, 0.15) is 0 Å². The zero-order valence-electron chi connectivity index (χ0n) is 18.8. The zero-order chi connectivity index (χ0) is 24.6. The van der Waals surface area contributed by atoms with Crippen molar-refractivity contribution in [3.8, 4) is 11.4 Å². The normalized spacial score (nSPS) is 10.8. The maximum Gasteiger partial charge on any atom is 0.270 e. The largest absolute Gasteiger partial charge is 0.344 e. The van der Waals surface area contributed by atoms with Crippen LogP contribution in [-0.2, 0) is 11.3 Å². The van der Waals surface area contributed by atoms with Crippen molar-refractivity contribution in [3.05, 3.63) is 119 Å². The summed E-state index contributed by atoms with van der Waals surface area (Å²) in [5.74, 6) is 0.445. The fourth-order valence-corrected chi connectivity index (χ4v) is 4.40. The molecule has 0 spiro atoms. The highest BCUT2D eigenvalue weighted by Crippen LogP contribution is 2.27. The monoisotopic (exact) mass is 485 g/mol. The molecule has 8 nitrogen and oxygen atoms in total. The van der Waals surface area contributed by atoms with Gasteiger partial charge in [0.2, 0.25) is 5.91 Å². The number of nitrogens with one attached hydrogen (secondary N) is 1. The Morgan fingerprint density at radius 2 is 1.69 bits per heavy atom. The second kappa shape index (κ2) is 11.3. The van der Waals surface area contributed by atoms with Crippen molar-refractivity contribution in [2.45, 2.75) is 17.7 Å². The van der Waals surface area contributed by atoms with E-state index in [0.717, 1.165) is 11.1 Å². The first-order valence-electron chi connectivity index (χ1n) is 10.9. The molecular weight excluding hydrogens is 462 g/mol. The van der Waals surface area contributed by atoms with Gasteiger partial charge < -0.3 is 5.32 Å². The number of nitrogens with zero attached hydrogens (tertiary/aromatic N) is 4. The fraction of sp³-hybridized carbons (Fsp3) is 0.115. The molecule has 1 amide bonds. The van der Waals surface area contributed by atoms with Crippen molar-refractivity contribution in [3.63, 3.8) is 0 Å². The number of nitro groups is 1. The lowest BCUT2D eigenvalue weighted by Gasteiger charge is -2.20. The van der Waals surface area contributed by atoms with E-state index in [2.05, 4.69) is 22.1 Å². The molecule has 1 heterocycles. The molecule has 35 heavy (non-hydrogen) atoms. The SMILES string of the molecule is C=CCn1c(SCC(=O)NC(c2ccccc2)c2ccccc2)nnc1-c1cccc([N+](=O)[O-])c1. The zero-order valence-corrected chi connectivity index (χ0v) is 19.6. The van der Waals surface area contributed by atoms with Crippen molar-refractivity contribution in [1.82, 2.24) is 20.1 Å². The van der Waals surface area contributed by atoms with E-state index in [4.69, 9.17) is 0 Å². The van der Waals surface area contributed by atoms with Gasteiger partial charge in [0.25, 0.3) is 5.69 Å². The average molecular weight is 486 g/mol.